The number of aromatic hydroxyl groups is 2. The van der Waals surface area contributed by atoms with Gasteiger partial charge in [0.1, 0.15) is 11.5 Å². The largest absolute Gasteiger partial charge is 0.508 e. The Morgan fingerprint density at radius 3 is 2.64 bits per heavy atom. The molecule has 14 heavy (non-hydrogen) atoms. The van der Waals surface area contributed by atoms with E-state index in [2.05, 4.69) is 6.92 Å². The molecule has 0 radical (unpaired) electrons. The Bertz CT molecular complexity index is 299. The second-order valence-electron chi connectivity index (χ2n) is 3.49. The lowest BCUT2D eigenvalue weighted by molar-refractivity contribution is 0.438. The molecule has 0 saturated carbocycles. The van der Waals surface area contributed by atoms with E-state index in [1.54, 1.807) is 12.1 Å². The summed E-state index contributed by atoms with van der Waals surface area (Å²) in [6.45, 7) is 2.10. The quantitative estimate of drug-likeness (QED) is 0.690. The van der Waals surface area contributed by atoms with Gasteiger partial charge in [0.05, 0.1) is 0 Å². The third-order valence-electron chi connectivity index (χ3n) is 2.28. The predicted molar refractivity (Wildman–Crippen MR) is 56.2 cm³/mol. The Labute approximate surface area is 84.2 Å². The van der Waals surface area contributed by atoms with Crippen LogP contribution in [0, 0.1) is 0 Å². The third kappa shape index (κ3) is 2.64. The number of benzene rings is 1. The van der Waals surface area contributed by atoms with Crippen molar-refractivity contribution >= 4 is 0 Å². The summed E-state index contributed by atoms with van der Waals surface area (Å²) in [5, 5.41) is 18.6. The van der Waals surface area contributed by atoms with Crippen LogP contribution < -0.4 is 5.73 Å². The Balaban J connectivity index is 2.74. The summed E-state index contributed by atoms with van der Waals surface area (Å²) in [7, 11) is 0. The molecular formula is C11H17NO2. The van der Waals surface area contributed by atoms with E-state index < -0.39 is 0 Å². The van der Waals surface area contributed by atoms with Crippen LogP contribution in [0.15, 0.2) is 18.2 Å². The highest BCUT2D eigenvalue weighted by Gasteiger charge is 2.10. The predicted octanol–water partition coefficient (Wildman–Crippen LogP) is 2.29. The SMILES string of the molecule is CCCC[C@H](N)c1ccc(O)cc1O. The van der Waals surface area contributed by atoms with Crippen LogP contribution in [0.1, 0.15) is 37.8 Å². The molecule has 0 saturated heterocycles. The van der Waals surface area contributed by atoms with Gasteiger partial charge in [0.25, 0.3) is 0 Å². The van der Waals surface area contributed by atoms with Gasteiger partial charge in [0.15, 0.2) is 0 Å². The highest BCUT2D eigenvalue weighted by atomic mass is 16.3. The molecule has 0 amide bonds. The fraction of sp³-hybridized carbons (Fsp3) is 0.455. The van der Waals surface area contributed by atoms with Gasteiger partial charge in [-0.1, -0.05) is 25.8 Å². The molecule has 0 unspecified atom stereocenters. The molecule has 0 aliphatic carbocycles. The minimum absolute atomic E-state index is 0.0638. The molecule has 0 bridgehead atoms. The van der Waals surface area contributed by atoms with E-state index in [4.69, 9.17) is 10.8 Å². The number of phenols is 2. The van der Waals surface area contributed by atoms with Crippen LogP contribution in [-0.4, -0.2) is 10.2 Å². The highest BCUT2D eigenvalue weighted by molar-refractivity contribution is 5.40. The lowest BCUT2D eigenvalue weighted by atomic mass is 10.0. The molecule has 4 N–H and O–H groups in total. The molecule has 3 heteroatoms. The number of rotatable bonds is 4. The van der Waals surface area contributed by atoms with Gasteiger partial charge >= 0.3 is 0 Å². The summed E-state index contributed by atoms with van der Waals surface area (Å²) in [5.41, 5.74) is 6.60. The first kappa shape index (κ1) is 10.9. The summed E-state index contributed by atoms with van der Waals surface area (Å²) in [5.74, 6) is 0.141. The van der Waals surface area contributed by atoms with Gasteiger partial charge in [-0.15, -0.1) is 0 Å². The van der Waals surface area contributed by atoms with E-state index in [9.17, 15) is 5.11 Å². The van der Waals surface area contributed by atoms with Gasteiger partial charge in [0.2, 0.25) is 0 Å². The van der Waals surface area contributed by atoms with Crippen molar-refractivity contribution in [3.63, 3.8) is 0 Å². The molecule has 1 aromatic carbocycles. The Hall–Kier alpha value is -1.22. The van der Waals surface area contributed by atoms with Crippen LogP contribution >= 0.6 is 0 Å². The third-order valence-corrected chi connectivity index (χ3v) is 2.28. The Kier molecular flexibility index (Phi) is 3.77. The van der Waals surface area contributed by atoms with Crippen molar-refractivity contribution in [1.29, 1.82) is 0 Å². The van der Waals surface area contributed by atoms with E-state index >= 15 is 0 Å². The lowest BCUT2D eigenvalue weighted by Gasteiger charge is -2.13. The molecule has 0 aliphatic rings. The Morgan fingerprint density at radius 1 is 1.36 bits per heavy atom. The molecule has 78 valence electrons. The summed E-state index contributed by atoms with van der Waals surface area (Å²) >= 11 is 0. The molecule has 0 aromatic heterocycles. The van der Waals surface area contributed by atoms with Crippen molar-refractivity contribution in [2.45, 2.75) is 32.2 Å². The van der Waals surface area contributed by atoms with Crippen molar-refractivity contribution < 1.29 is 10.2 Å². The molecule has 1 atom stereocenters. The number of hydrogen-bond acceptors (Lipinski definition) is 3. The zero-order valence-corrected chi connectivity index (χ0v) is 8.40. The second-order valence-corrected chi connectivity index (χ2v) is 3.49. The monoisotopic (exact) mass is 195 g/mol. The van der Waals surface area contributed by atoms with Crippen molar-refractivity contribution in [2.75, 3.05) is 0 Å². The first-order chi connectivity index (χ1) is 6.65. The smallest absolute Gasteiger partial charge is 0.124 e. The van der Waals surface area contributed by atoms with E-state index in [0.29, 0.717) is 5.56 Å². The average molecular weight is 195 g/mol. The van der Waals surface area contributed by atoms with Crippen LogP contribution in [0.3, 0.4) is 0 Å². The van der Waals surface area contributed by atoms with Crippen LogP contribution in [0.25, 0.3) is 0 Å². The van der Waals surface area contributed by atoms with Gasteiger partial charge in [0, 0.05) is 17.7 Å². The average Bonchev–Trinajstić information content (AvgIpc) is 2.14. The van der Waals surface area contributed by atoms with E-state index in [-0.39, 0.29) is 17.5 Å². The van der Waals surface area contributed by atoms with Gasteiger partial charge < -0.3 is 15.9 Å². The van der Waals surface area contributed by atoms with E-state index in [1.807, 2.05) is 0 Å². The molecule has 1 rings (SSSR count). The van der Waals surface area contributed by atoms with Crippen LogP contribution in [0.4, 0.5) is 0 Å². The topological polar surface area (TPSA) is 66.5 Å². The van der Waals surface area contributed by atoms with Crippen molar-refractivity contribution in [3.8, 4) is 11.5 Å². The lowest BCUT2D eigenvalue weighted by Crippen LogP contribution is -2.09. The molecule has 1 aromatic rings. The summed E-state index contributed by atoms with van der Waals surface area (Å²) in [6, 6.07) is 4.39. The van der Waals surface area contributed by atoms with Crippen LogP contribution in [-0.2, 0) is 0 Å². The van der Waals surface area contributed by atoms with Crippen LogP contribution in [0.2, 0.25) is 0 Å². The fourth-order valence-electron chi connectivity index (χ4n) is 1.43. The maximum absolute atomic E-state index is 9.52. The summed E-state index contributed by atoms with van der Waals surface area (Å²) in [6.07, 6.45) is 2.99. The first-order valence-electron chi connectivity index (χ1n) is 4.92. The zero-order chi connectivity index (χ0) is 10.6. The highest BCUT2D eigenvalue weighted by Crippen LogP contribution is 2.28. The van der Waals surface area contributed by atoms with Gasteiger partial charge in [-0.3, -0.25) is 0 Å². The maximum atomic E-state index is 9.52. The molecule has 0 fully saturated rings. The fourth-order valence-corrected chi connectivity index (χ4v) is 1.43. The standard InChI is InChI=1S/C11H17NO2/c1-2-3-4-10(12)9-6-5-8(13)7-11(9)14/h5-7,10,13-14H,2-4,12H2,1H3/t10-/m0/s1. The van der Waals surface area contributed by atoms with Crippen molar-refractivity contribution in [2.24, 2.45) is 5.73 Å². The normalized spacial score (nSPS) is 12.7. The number of phenolic OH excluding ortho intramolecular Hbond substituents is 2. The van der Waals surface area contributed by atoms with E-state index in [0.717, 1.165) is 19.3 Å². The minimum Gasteiger partial charge on any atom is -0.508 e. The summed E-state index contributed by atoms with van der Waals surface area (Å²) in [4.78, 5) is 0. The van der Waals surface area contributed by atoms with Gasteiger partial charge in [-0.25, -0.2) is 0 Å². The molecular weight excluding hydrogens is 178 g/mol. The first-order valence-corrected chi connectivity index (χ1v) is 4.92. The summed E-state index contributed by atoms with van der Waals surface area (Å²) < 4.78 is 0. The minimum atomic E-state index is -0.143. The second kappa shape index (κ2) is 4.86. The van der Waals surface area contributed by atoms with Crippen molar-refractivity contribution in [3.05, 3.63) is 23.8 Å². The number of hydrogen-bond donors (Lipinski definition) is 3. The van der Waals surface area contributed by atoms with Gasteiger partial charge in [-0.05, 0) is 12.5 Å². The molecule has 0 aliphatic heterocycles. The van der Waals surface area contributed by atoms with Gasteiger partial charge in [-0.2, -0.15) is 0 Å². The zero-order valence-electron chi connectivity index (χ0n) is 8.40. The molecule has 0 heterocycles. The van der Waals surface area contributed by atoms with Crippen molar-refractivity contribution in [1.82, 2.24) is 0 Å². The van der Waals surface area contributed by atoms with E-state index in [1.165, 1.54) is 6.07 Å². The number of unbranched alkanes of at least 4 members (excludes halogenated alkanes) is 1. The maximum Gasteiger partial charge on any atom is 0.124 e. The number of nitrogens with two attached hydrogens (primary N) is 1. The van der Waals surface area contributed by atoms with Crippen LogP contribution in [0.5, 0.6) is 11.5 Å². The molecule has 0 spiro atoms. The molecule has 3 nitrogen and oxygen atoms in total. The Morgan fingerprint density at radius 2 is 2.07 bits per heavy atom.